The van der Waals surface area contributed by atoms with E-state index in [-0.39, 0.29) is 6.04 Å². The van der Waals surface area contributed by atoms with E-state index in [4.69, 9.17) is 10.5 Å². The molecule has 15 heavy (non-hydrogen) atoms. The molecule has 1 aromatic rings. The zero-order chi connectivity index (χ0) is 11.1. The van der Waals surface area contributed by atoms with E-state index < -0.39 is 0 Å². The van der Waals surface area contributed by atoms with Crippen LogP contribution in [-0.2, 0) is 4.74 Å². The molecule has 1 heterocycles. The number of nitrogens with one attached hydrogen (secondary N) is 1. The molecule has 0 aliphatic carbocycles. The van der Waals surface area contributed by atoms with E-state index in [9.17, 15) is 0 Å². The summed E-state index contributed by atoms with van der Waals surface area (Å²) < 4.78 is 5.96. The minimum Gasteiger partial charge on any atom is -0.383 e. The van der Waals surface area contributed by atoms with Crippen molar-refractivity contribution in [1.29, 1.82) is 0 Å². The van der Waals surface area contributed by atoms with Crippen molar-refractivity contribution in [2.45, 2.75) is 12.5 Å². The second-order valence-corrected chi connectivity index (χ2v) is 4.31. The van der Waals surface area contributed by atoms with Crippen LogP contribution in [0.4, 0.5) is 5.82 Å². The molecule has 5 nitrogen and oxygen atoms in total. The molecule has 0 radical (unpaired) electrons. The standard InChI is InChI=1S/C9H15IN4O/c1-15-5-7(11)2-3-13-9-8(10)4-12-6-14-9/h4,6-7H,2-3,5,11H2,1H3,(H,12,13,14). The van der Waals surface area contributed by atoms with Crippen molar-refractivity contribution in [3.8, 4) is 0 Å². The molecule has 6 heteroatoms. The number of nitrogens with two attached hydrogens (primary N) is 1. The van der Waals surface area contributed by atoms with Gasteiger partial charge in [0.25, 0.3) is 0 Å². The Hall–Kier alpha value is -0.470. The van der Waals surface area contributed by atoms with Crippen LogP contribution >= 0.6 is 22.6 Å². The van der Waals surface area contributed by atoms with Crippen LogP contribution < -0.4 is 11.1 Å². The minimum absolute atomic E-state index is 0.0713. The second-order valence-electron chi connectivity index (χ2n) is 3.15. The summed E-state index contributed by atoms with van der Waals surface area (Å²) >= 11 is 2.19. The molecule has 0 aliphatic heterocycles. The van der Waals surface area contributed by atoms with Gasteiger partial charge in [0, 0.05) is 25.9 Å². The zero-order valence-electron chi connectivity index (χ0n) is 8.61. The van der Waals surface area contributed by atoms with Gasteiger partial charge in [-0.05, 0) is 29.0 Å². The van der Waals surface area contributed by atoms with Crippen molar-refractivity contribution < 1.29 is 4.74 Å². The summed E-state index contributed by atoms with van der Waals surface area (Å²) in [4.78, 5) is 8.03. The first-order chi connectivity index (χ1) is 7.24. The number of methoxy groups -OCH3 is 1. The lowest BCUT2D eigenvalue weighted by atomic mass is 10.2. The predicted molar refractivity (Wildman–Crippen MR) is 67.7 cm³/mol. The number of ether oxygens (including phenoxy) is 1. The first-order valence-electron chi connectivity index (χ1n) is 4.68. The number of nitrogens with zero attached hydrogens (tertiary/aromatic N) is 2. The number of halogens is 1. The summed E-state index contributed by atoms with van der Waals surface area (Å²) in [6.07, 6.45) is 4.15. The van der Waals surface area contributed by atoms with E-state index in [0.29, 0.717) is 6.61 Å². The molecule has 0 aliphatic rings. The molecular formula is C9H15IN4O. The van der Waals surface area contributed by atoms with E-state index in [1.54, 1.807) is 13.3 Å². The van der Waals surface area contributed by atoms with Crippen LogP contribution in [0.3, 0.4) is 0 Å². The zero-order valence-corrected chi connectivity index (χ0v) is 10.8. The maximum Gasteiger partial charge on any atom is 0.142 e. The van der Waals surface area contributed by atoms with Crippen molar-refractivity contribution in [2.75, 3.05) is 25.6 Å². The number of hydrogen-bond acceptors (Lipinski definition) is 5. The molecule has 0 saturated heterocycles. The third kappa shape index (κ3) is 4.72. The second kappa shape index (κ2) is 6.91. The Labute approximate surface area is 103 Å². The van der Waals surface area contributed by atoms with Gasteiger partial charge in [0.15, 0.2) is 0 Å². The Morgan fingerprint density at radius 1 is 1.67 bits per heavy atom. The summed E-state index contributed by atoms with van der Waals surface area (Å²) in [6, 6.07) is 0.0713. The van der Waals surface area contributed by atoms with Crippen molar-refractivity contribution in [3.63, 3.8) is 0 Å². The molecule has 0 fully saturated rings. The maximum absolute atomic E-state index is 5.79. The fourth-order valence-electron chi connectivity index (χ4n) is 1.12. The van der Waals surface area contributed by atoms with Crippen LogP contribution in [0.5, 0.6) is 0 Å². The molecule has 3 N–H and O–H groups in total. The molecular weight excluding hydrogens is 307 g/mol. The summed E-state index contributed by atoms with van der Waals surface area (Å²) in [5.41, 5.74) is 5.79. The monoisotopic (exact) mass is 322 g/mol. The lowest BCUT2D eigenvalue weighted by Crippen LogP contribution is -2.28. The fraction of sp³-hybridized carbons (Fsp3) is 0.556. The van der Waals surface area contributed by atoms with Crippen LogP contribution in [0.1, 0.15) is 6.42 Å². The smallest absolute Gasteiger partial charge is 0.142 e. The predicted octanol–water partition coefficient (Wildman–Crippen LogP) is 0.857. The number of aromatic nitrogens is 2. The lowest BCUT2D eigenvalue weighted by Gasteiger charge is -2.11. The highest BCUT2D eigenvalue weighted by atomic mass is 127. The Balaban J connectivity index is 2.29. The first kappa shape index (κ1) is 12.6. The number of hydrogen-bond donors (Lipinski definition) is 2. The quantitative estimate of drug-likeness (QED) is 0.760. The van der Waals surface area contributed by atoms with Gasteiger partial charge in [0.2, 0.25) is 0 Å². The Bertz CT molecular complexity index is 297. The average molecular weight is 322 g/mol. The summed E-state index contributed by atoms with van der Waals surface area (Å²) in [6.45, 7) is 1.38. The average Bonchev–Trinajstić information content (AvgIpc) is 2.21. The molecule has 0 amide bonds. The van der Waals surface area contributed by atoms with Gasteiger partial charge in [-0.15, -0.1) is 0 Å². The fourth-order valence-corrected chi connectivity index (χ4v) is 1.61. The van der Waals surface area contributed by atoms with E-state index in [1.807, 2.05) is 0 Å². The van der Waals surface area contributed by atoms with Crippen LogP contribution in [0.25, 0.3) is 0 Å². The number of rotatable bonds is 6. The molecule has 1 rings (SSSR count). The van der Waals surface area contributed by atoms with E-state index in [1.165, 1.54) is 6.33 Å². The van der Waals surface area contributed by atoms with Gasteiger partial charge in [-0.2, -0.15) is 0 Å². The molecule has 1 aromatic heterocycles. The van der Waals surface area contributed by atoms with E-state index in [0.717, 1.165) is 22.4 Å². The highest BCUT2D eigenvalue weighted by molar-refractivity contribution is 14.1. The molecule has 0 bridgehead atoms. The molecule has 0 aromatic carbocycles. The lowest BCUT2D eigenvalue weighted by molar-refractivity contribution is 0.178. The Kier molecular flexibility index (Phi) is 5.81. The summed E-state index contributed by atoms with van der Waals surface area (Å²) in [5.74, 6) is 0.857. The van der Waals surface area contributed by atoms with Crippen molar-refractivity contribution >= 4 is 28.4 Å². The molecule has 84 valence electrons. The molecule has 1 atom stereocenters. The summed E-state index contributed by atoms with van der Waals surface area (Å²) in [7, 11) is 1.65. The first-order valence-corrected chi connectivity index (χ1v) is 5.75. The highest BCUT2D eigenvalue weighted by Gasteiger charge is 2.03. The van der Waals surface area contributed by atoms with Crippen LogP contribution in [-0.4, -0.2) is 36.3 Å². The van der Waals surface area contributed by atoms with Gasteiger partial charge in [0.05, 0.1) is 10.2 Å². The summed E-state index contributed by atoms with van der Waals surface area (Å²) in [5, 5.41) is 3.21. The molecule has 0 spiro atoms. The highest BCUT2D eigenvalue weighted by Crippen LogP contribution is 2.11. The third-order valence-corrected chi connectivity index (χ3v) is 2.65. The van der Waals surface area contributed by atoms with Gasteiger partial charge < -0.3 is 15.8 Å². The Morgan fingerprint density at radius 3 is 3.13 bits per heavy atom. The van der Waals surface area contributed by atoms with Gasteiger partial charge in [-0.25, -0.2) is 9.97 Å². The van der Waals surface area contributed by atoms with Crippen LogP contribution in [0, 0.1) is 3.57 Å². The maximum atomic E-state index is 5.79. The van der Waals surface area contributed by atoms with E-state index in [2.05, 4.69) is 37.9 Å². The SMILES string of the molecule is COCC(N)CCNc1ncncc1I. The molecule has 0 saturated carbocycles. The van der Waals surface area contributed by atoms with Gasteiger partial charge in [-0.3, -0.25) is 0 Å². The minimum atomic E-state index is 0.0713. The van der Waals surface area contributed by atoms with Crippen LogP contribution in [0.15, 0.2) is 12.5 Å². The normalized spacial score (nSPS) is 12.5. The van der Waals surface area contributed by atoms with Gasteiger partial charge >= 0.3 is 0 Å². The van der Waals surface area contributed by atoms with Gasteiger partial charge in [0.1, 0.15) is 12.1 Å². The largest absolute Gasteiger partial charge is 0.383 e. The van der Waals surface area contributed by atoms with Crippen molar-refractivity contribution in [3.05, 3.63) is 16.1 Å². The molecule has 1 unspecified atom stereocenters. The van der Waals surface area contributed by atoms with Crippen molar-refractivity contribution in [2.24, 2.45) is 5.73 Å². The third-order valence-electron chi connectivity index (χ3n) is 1.86. The Morgan fingerprint density at radius 2 is 2.47 bits per heavy atom. The topological polar surface area (TPSA) is 73.1 Å². The van der Waals surface area contributed by atoms with Gasteiger partial charge in [-0.1, -0.05) is 0 Å². The van der Waals surface area contributed by atoms with E-state index >= 15 is 0 Å². The number of anilines is 1. The van der Waals surface area contributed by atoms with Crippen molar-refractivity contribution in [1.82, 2.24) is 9.97 Å². The van der Waals surface area contributed by atoms with Crippen LogP contribution in [0.2, 0.25) is 0 Å².